The van der Waals surface area contributed by atoms with Gasteiger partial charge in [-0.15, -0.1) is 10.2 Å². The summed E-state index contributed by atoms with van der Waals surface area (Å²) in [5.41, 5.74) is 4.20. The van der Waals surface area contributed by atoms with E-state index in [1.807, 2.05) is 51.1 Å². The third-order valence-electron chi connectivity index (χ3n) is 4.69. The maximum atomic E-state index is 12.8. The van der Waals surface area contributed by atoms with E-state index in [1.165, 1.54) is 6.92 Å². The van der Waals surface area contributed by atoms with Crippen molar-refractivity contribution in [2.45, 2.75) is 45.0 Å². The number of amides is 2. The van der Waals surface area contributed by atoms with Gasteiger partial charge in [-0.1, -0.05) is 41.1 Å². The lowest BCUT2D eigenvalue weighted by Crippen LogP contribution is -2.23. The molecule has 3 N–H and O–H groups in total. The summed E-state index contributed by atoms with van der Waals surface area (Å²) >= 11 is 1.10. The number of nitrogens with one attached hydrogen (secondary N) is 3. The molecule has 1 heterocycles. The Morgan fingerprint density at radius 3 is 2.31 bits per heavy atom. The van der Waals surface area contributed by atoms with Gasteiger partial charge in [-0.05, 0) is 51.5 Å². The SMILES string of the molecule is CC(=O)Nc1c(C)cc(C)cc1-c1nnc(S[C@@H](C)C(=O)Nc2ccc(C)cc2)[nH]c1=O. The first-order valence-electron chi connectivity index (χ1n) is 10.0. The summed E-state index contributed by atoms with van der Waals surface area (Å²) in [6, 6.07) is 11.2. The van der Waals surface area contributed by atoms with Gasteiger partial charge in [-0.3, -0.25) is 19.4 Å². The first-order chi connectivity index (χ1) is 15.1. The lowest BCUT2D eigenvalue weighted by molar-refractivity contribution is -0.115. The zero-order valence-electron chi connectivity index (χ0n) is 18.6. The fourth-order valence-corrected chi connectivity index (χ4v) is 3.89. The molecule has 1 atom stereocenters. The molecule has 8 nitrogen and oxygen atoms in total. The van der Waals surface area contributed by atoms with Gasteiger partial charge in [0, 0.05) is 18.2 Å². The summed E-state index contributed by atoms with van der Waals surface area (Å²) in [7, 11) is 0. The number of anilines is 2. The van der Waals surface area contributed by atoms with Crippen LogP contribution < -0.4 is 16.2 Å². The first kappa shape index (κ1) is 23.2. The van der Waals surface area contributed by atoms with Crippen LogP contribution in [-0.4, -0.2) is 32.2 Å². The molecule has 3 aromatic rings. The topological polar surface area (TPSA) is 117 Å². The molecule has 0 aliphatic heterocycles. The number of H-pyrrole nitrogens is 1. The number of rotatable bonds is 6. The summed E-state index contributed by atoms with van der Waals surface area (Å²) in [6.07, 6.45) is 0. The zero-order chi connectivity index (χ0) is 23.4. The van der Waals surface area contributed by atoms with E-state index >= 15 is 0 Å². The van der Waals surface area contributed by atoms with Crippen molar-refractivity contribution in [3.05, 3.63) is 63.4 Å². The number of nitrogens with zero attached hydrogens (tertiary/aromatic N) is 2. The molecule has 0 aliphatic carbocycles. The molecule has 166 valence electrons. The average molecular weight is 452 g/mol. The van der Waals surface area contributed by atoms with Crippen LogP contribution in [-0.2, 0) is 9.59 Å². The molecule has 3 rings (SSSR count). The largest absolute Gasteiger partial charge is 0.325 e. The molecule has 0 unspecified atom stereocenters. The van der Waals surface area contributed by atoms with Crippen molar-refractivity contribution in [1.29, 1.82) is 0 Å². The van der Waals surface area contributed by atoms with Crippen molar-refractivity contribution in [3.63, 3.8) is 0 Å². The van der Waals surface area contributed by atoms with Gasteiger partial charge < -0.3 is 10.6 Å². The van der Waals surface area contributed by atoms with Crippen molar-refractivity contribution in [3.8, 4) is 11.3 Å². The second kappa shape index (κ2) is 9.78. The number of carbonyl (C=O) groups is 2. The Morgan fingerprint density at radius 1 is 1.00 bits per heavy atom. The fraction of sp³-hybridized carbons (Fsp3) is 0.261. The number of benzene rings is 2. The Bertz CT molecular complexity index is 1220. The van der Waals surface area contributed by atoms with Crippen molar-refractivity contribution in [2.75, 3.05) is 10.6 Å². The van der Waals surface area contributed by atoms with E-state index in [2.05, 4.69) is 25.8 Å². The average Bonchev–Trinajstić information content (AvgIpc) is 2.71. The van der Waals surface area contributed by atoms with Gasteiger partial charge in [0.2, 0.25) is 11.8 Å². The Labute approximate surface area is 190 Å². The van der Waals surface area contributed by atoms with Gasteiger partial charge in [0.05, 0.1) is 10.9 Å². The molecule has 2 aromatic carbocycles. The van der Waals surface area contributed by atoms with Gasteiger partial charge in [0.25, 0.3) is 5.56 Å². The lowest BCUT2D eigenvalue weighted by Gasteiger charge is -2.14. The summed E-state index contributed by atoms with van der Waals surface area (Å²) < 4.78 is 0. The van der Waals surface area contributed by atoms with Crippen LogP contribution in [0.5, 0.6) is 0 Å². The molecular formula is C23H25N5O3S. The van der Waals surface area contributed by atoms with Gasteiger partial charge in [-0.25, -0.2) is 0 Å². The van der Waals surface area contributed by atoms with Crippen LogP contribution in [0.1, 0.15) is 30.5 Å². The number of aromatic nitrogens is 3. The number of aromatic amines is 1. The molecular weight excluding hydrogens is 426 g/mol. The quantitative estimate of drug-likeness (QED) is 0.490. The van der Waals surface area contributed by atoms with Crippen molar-refractivity contribution in [1.82, 2.24) is 15.2 Å². The number of hydrogen-bond donors (Lipinski definition) is 3. The number of aryl methyl sites for hydroxylation is 3. The second-order valence-electron chi connectivity index (χ2n) is 7.61. The minimum absolute atomic E-state index is 0.0988. The number of carbonyl (C=O) groups excluding carboxylic acids is 2. The van der Waals surface area contributed by atoms with Crippen LogP contribution >= 0.6 is 11.8 Å². The first-order valence-corrected chi connectivity index (χ1v) is 10.9. The molecule has 0 radical (unpaired) electrons. The Hall–Kier alpha value is -3.46. The highest BCUT2D eigenvalue weighted by atomic mass is 32.2. The van der Waals surface area contributed by atoms with Crippen molar-refractivity contribution in [2.24, 2.45) is 0 Å². The van der Waals surface area contributed by atoms with E-state index < -0.39 is 10.8 Å². The summed E-state index contributed by atoms with van der Waals surface area (Å²) in [5.74, 6) is -0.462. The van der Waals surface area contributed by atoms with Gasteiger partial charge in [-0.2, -0.15) is 0 Å². The van der Waals surface area contributed by atoms with Gasteiger partial charge >= 0.3 is 0 Å². The normalized spacial score (nSPS) is 11.7. The van der Waals surface area contributed by atoms with Crippen molar-refractivity contribution >= 4 is 35.0 Å². The minimum Gasteiger partial charge on any atom is -0.325 e. The Kier molecular flexibility index (Phi) is 7.09. The van der Waals surface area contributed by atoms with Crippen molar-refractivity contribution < 1.29 is 9.59 Å². The van der Waals surface area contributed by atoms with E-state index in [0.29, 0.717) is 16.9 Å². The third-order valence-corrected chi connectivity index (χ3v) is 5.66. The maximum Gasteiger partial charge on any atom is 0.278 e. The Balaban J connectivity index is 1.81. The monoisotopic (exact) mass is 451 g/mol. The van der Waals surface area contributed by atoms with Gasteiger partial charge in [0.1, 0.15) is 0 Å². The predicted octanol–water partition coefficient (Wildman–Crippen LogP) is 3.83. The highest BCUT2D eigenvalue weighted by molar-refractivity contribution is 8.00. The molecule has 1 aromatic heterocycles. The van der Waals surface area contributed by atoms with Crippen LogP contribution in [0.4, 0.5) is 11.4 Å². The van der Waals surface area contributed by atoms with E-state index in [1.54, 1.807) is 13.0 Å². The highest BCUT2D eigenvalue weighted by Crippen LogP contribution is 2.30. The standard InChI is InChI=1S/C23H25N5O3S/c1-12-6-8-17(9-7-12)25-21(30)15(4)32-23-26-22(31)20(27-28-23)18-11-13(2)10-14(3)19(18)24-16(5)29/h6-11,15H,1-5H3,(H,24,29)(H,25,30)(H,26,28,31)/t15-/m0/s1. The molecule has 0 saturated carbocycles. The number of hydrogen-bond acceptors (Lipinski definition) is 6. The maximum absolute atomic E-state index is 12.8. The van der Waals surface area contributed by atoms with Crippen LogP contribution in [0.25, 0.3) is 11.3 Å². The molecule has 32 heavy (non-hydrogen) atoms. The molecule has 0 saturated heterocycles. The molecule has 0 spiro atoms. The number of thioether (sulfide) groups is 1. The molecule has 0 fully saturated rings. The van der Waals surface area contributed by atoms with E-state index in [0.717, 1.165) is 28.5 Å². The summed E-state index contributed by atoms with van der Waals surface area (Å²) in [6.45, 7) is 8.85. The lowest BCUT2D eigenvalue weighted by atomic mass is 10.0. The summed E-state index contributed by atoms with van der Waals surface area (Å²) in [5, 5.41) is 13.5. The van der Waals surface area contributed by atoms with E-state index in [-0.39, 0.29) is 22.7 Å². The van der Waals surface area contributed by atoms with Gasteiger partial charge in [0.15, 0.2) is 10.9 Å². The van der Waals surface area contributed by atoms with E-state index in [9.17, 15) is 14.4 Å². The highest BCUT2D eigenvalue weighted by Gasteiger charge is 2.19. The van der Waals surface area contributed by atoms with Crippen LogP contribution in [0.2, 0.25) is 0 Å². The Morgan fingerprint density at radius 2 is 1.69 bits per heavy atom. The van der Waals surface area contributed by atoms with Crippen LogP contribution in [0.3, 0.4) is 0 Å². The smallest absolute Gasteiger partial charge is 0.278 e. The summed E-state index contributed by atoms with van der Waals surface area (Å²) in [4.78, 5) is 39.6. The molecule has 0 aliphatic rings. The molecule has 9 heteroatoms. The molecule has 2 amide bonds. The predicted molar refractivity (Wildman–Crippen MR) is 127 cm³/mol. The third kappa shape index (κ3) is 5.61. The minimum atomic E-state index is -0.511. The fourth-order valence-electron chi connectivity index (χ4n) is 3.15. The second-order valence-corrected chi connectivity index (χ2v) is 8.94. The van der Waals surface area contributed by atoms with E-state index in [4.69, 9.17) is 0 Å². The molecule has 0 bridgehead atoms. The van der Waals surface area contributed by atoms with Crippen LogP contribution in [0, 0.1) is 20.8 Å². The van der Waals surface area contributed by atoms with Crippen LogP contribution in [0.15, 0.2) is 46.3 Å². The zero-order valence-corrected chi connectivity index (χ0v) is 19.4.